The SMILES string of the molecule is CC(=O)N[C@@H]1C=C[C@H](OC(C)=O)[C@H](OC(C)=O)[C@H]1OC(C)=O. The van der Waals surface area contributed by atoms with E-state index in [4.69, 9.17) is 14.2 Å². The Morgan fingerprint density at radius 1 is 0.773 bits per heavy atom. The normalized spacial score (nSPS) is 26.7. The van der Waals surface area contributed by atoms with Gasteiger partial charge in [-0.05, 0) is 6.08 Å². The zero-order chi connectivity index (χ0) is 16.9. The van der Waals surface area contributed by atoms with Crippen LogP contribution in [0.2, 0.25) is 0 Å². The first-order valence-electron chi connectivity index (χ1n) is 6.67. The van der Waals surface area contributed by atoms with Crippen LogP contribution in [-0.4, -0.2) is 48.2 Å². The van der Waals surface area contributed by atoms with Crippen molar-refractivity contribution in [3.05, 3.63) is 12.2 Å². The summed E-state index contributed by atoms with van der Waals surface area (Å²) < 4.78 is 15.4. The Balaban J connectivity index is 3.11. The van der Waals surface area contributed by atoms with Crippen molar-refractivity contribution in [1.82, 2.24) is 5.32 Å². The fourth-order valence-corrected chi connectivity index (χ4v) is 2.16. The Labute approximate surface area is 127 Å². The average molecular weight is 313 g/mol. The molecule has 0 saturated heterocycles. The maximum atomic E-state index is 11.3. The van der Waals surface area contributed by atoms with Gasteiger partial charge in [0.1, 0.15) is 0 Å². The van der Waals surface area contributed by atoms with Crippen LogP contribution in [0.25, 0.3) is 0 Å². The van der Waals surface area contributed by atoms with E-state index >= 15 is 0 Å². The van der Waals surface area contributed by atoms with Crippen LogP contribution >= 0.6 is 0 Å². The van der Waals surface area contributed by atoms with Crippen molar-refractivity contribution >= 4 is 23.8 Å². The van der Waals surface area contributed by atoms with Gasteiger partial charge in [0, 0.05) is 27.7 Å². The van der Waals surface area contributed by atoms with Crippen LogP contribution in [0.3, 0.4) is 0 Å². The molecule has 1 rings (SSSR count). The minimum absolute atomic E-state index is 0.348. The van der Waals surface area contributed by atoms with E-state index in [2.05, 4.69) is 5.32 Å². The van der Waals surface area contributed by atoms with Crippen LogP contribution < -0.4 is 5.32 Å². The largest absolute Gasteiger partial charge is 0.456 e. The van der Waals surface area contributed by atoms with Gasteiger partial charge in [0.15, 0.2) is 18.3 Å². The number of rotatable bonds is 4. The van der Waals surface area contributed by atoms with Gasteiger partial charge in [-0.2, -0.15) is 0 Å². The topological polar surface area (TPSA) is 108 Å². The molecule has 0 aliphatic heterocycles. The fourth-order valence-electron chi connectivity index (χ4n) is 2.16. The number of hydrogen-bond donors (Lipinski definition) is 1. The lowest BCUT2D eigenvalue weighted by Gasteiger charge is -2.37. The van der Waals surface area contributed by atoms with Gasteiger partial charge in [0.25, 0.3) is 0 Å². The lowest BCUT2D eigenvalue weighted by Crippen LogP contribution is -2.56. The highest BCUT2D eigenvalue weighted by molar-refractivity contribution is 5.74. The maximum absolute atomic E-state index is 11.3. The van der Waals surface area contributed by atoms with Gasteiger partial charge in [0.2, 0.25) is 5.91 Å². The quantitative estimate of drug-likeness (QED) is 0.437. The van der Waals surface area contributed by atoms with Crippen LogP contribution in [0.1, 0.15) is 27.7 Å². The zero-order valence-electron chi connectivity index (χ0n) is 12.8. The molecule has 0 bridgehead atoms. The van der Waals surface area contributed by atoms with Crippen LogP contribution in [0.5, 0.6) is 0 Å². The Morgan fingerprint density at radius 3 is 1.73 bits per heavy atom. The highest BCUT2D eigenvalue weighted by Gasteiger charge is 2.43. The Bertz CT molecular complexity index is 455. The summed E-state index contributed by atoms with van der Waals surface area (Å²) in [4.78, 5) is 45.0. The number of hydrogen-bond acceptors (Lipinski definition) is 7. The van der Waals surface area contributed by atoms with Crippen molar-refractivity contribution in [2.24, 2.45) is 0 Å². The summed E-state index contributed by atoms with van der Waals surface area (Å²) in [5.41, 5.74) is 0. The van der Waals surface area contributed by atoms with Crippen molar-refractivity contribution in [1.29, 1.82) is 0 Å². The molecule has 0 radical (unpaired) electrons. The number of carbonyl (C=O) groups excluding carboxylic acids is 4. The molecule has 8 heteroatoms. The second kappa shape index (κ2) is 7.58. The first-order valence-corrected chi connectivity index (χ1v) is 6.67. The van der Waals surface area contributed by atoms with Crippen molar-refractivity contribution < 1.29 is 33.4 Å². The lowest BCUT2D eigenvalue weighted by molar-refractivity contribution is -0.182. The van der Waals surface area contributed by atoms with E-state index in [-0.39, 0.29) is 5.91 Å². The van der Waals surface area contributed by atoms with Crippen molar-refractivity contribution in [2.75, 3.05) is 0 Å². The summed E-state index contributed by atoms with van der Waals surface area (Å²) >= 11 is 0. The predicted molar refractivity (Wildman–Crippen MR) is 73.4 cm³/mol. The Hall–Kier alpha value is -2.38. The molecule has 1 N–H and O–H groups in total. The summed E-state index contributed by atoms with van der Waals surface area (Å²) in [6, 6.07) is -0.697. The molecule has 22 heavy (non-hydrogen) atoms. The molecule has 0 spiro atoms. The Kier molecular flexibility index (Phi) is 6.09. The van der Waals surface area contributed by atoms with E-state index in [9.17, 15) is 19.2 Å². The zero-order valence-corrected chi connectivity index (χ0v) is 12.8. The van der Waals surface area contributed by atoms with Crippen molar-refractivity contribution in [3.63, 3.8) is 0 Å². The standard InChI is InChI=1S/C14H19NO7/c1-7(16)15-11-5-6-12(20-8(2)17)14(22-10(4)19)13(11)21-9(3)18/h5-6,11-14H,1-4H3,(H,15,16)/t11-,12+,13+,14+/m1/s1. The smallest absolute Gasteiger partial charge is 0.303 e. The van der Waals surface area contributed by atoms with E-state index in [0.717, 1.165) is 0 Å². The van der Waals surface area contributed by atoms with Crippen LogP contribution in [-0.2, 0) is 33.4 Å². The van der Waals surface area contributed by atoms with E-state index < -0.39 is 42.3 Å². The monoisotopic (exact) mass is 313 g/mol. The van der Waals surface area contributed by atoms with Gasteiger partial charge >= 0.3 is 17.9 Å². The molecule has 0 unspecified atom stereocenters. The van der Waals surface area contributed by atoms with Gasteiger partial charge in [-0.25, -0.2) is 0 Å². The molecule has 0 aromatic carbocycles. The van der Waals surface area contributed by atoms with E-state index in [1.54, 1.807) is 0 Å². The van der Waals surface area contributed by atoms with Crippen molar-refractivity contribution in [2.45, 2.75) is 52.0 Å². The number of nitrogens with one attached hydrogen (secondary N) is 1. The summed E-state index contributed by atoms with van der Waals surface area (Å²) in [7, 11) is 0. The average Bonchev–Trinajstić information content (AvgIpc) is 2.34. The highest BCUT2D eigenvalue weighted by atomic mass is 16.6. The molecule has 0 fully saturated rings. The molecular formula is C14H19NO7. The summed E-state index contributed by atoms with van der Waals surface area (Å²) in [5.74, 6) is -2.17. The van der Waals surface area contributed by atoms with E-state index in [1.165, 1.54) is 39.8 Å². The molecule has 0 aromatic rings. The second-order valence-corrected chi connectivity index (χ2v) is 4.83. The molecule has 4 atom stereocenters. The van der Waals surface area contributed by atoms with Gasteiger partial charge in [-0.3, -0.25) is 19.2 Å². The second-order valence-electron chi connectivity index (χ2n) is 4.83. The molecule has 8 nitrogen and oxygen atoms in total. The number of amides is 1. The Morgan fingerprint density at radius 2 is 1.27 bits per heavy atom. The van der Waals surface area contributed by atoms with E-state index in [0.29, 0.717) is 0 Å². The summed E-state index contributed by atoms with van der Waals surface area (Å²) in [6.45, 7) is 4.88. The minimum Gasteiger partial charge on any atom is -0.456 e. The predicted octanol–water partition coefficient (Wildman–Crippen LogP) is -0.144. The number of esters is 3. The highest BCUT2D eigenvalue weighted by Crippen LogP contribution is 2.23. The van der Waals surface area contributed by atoms with Gasteiger partial charge in [-0.1, -0.05) is 6.08 Å². The van der Waals surface area contributed by atoms with Gasteiger partial charge < -0.3 is 19.5 Å². The number of ether oxygens (including phenoxy) is 3. The third kappa shape index (κ3) is 5.19. The summed E-state index contributed by atoms with van der Waals surface area (Å²) in [5, 5.41) is 2.58. The molecule has 1 amide bonds. The third-order valence-electron chi connectivity index (χ3n) is 2.79. The van der Waals surface area contributed by atoms with Crippen LogP contribution in [0, 0.1) is 0 Å². The van der Waals surface area contributed by atoms with Crippen LogP contribution in [0.15, 0.2) is 12.2 Å². The molecular weight excluding hydrogens is 294 g/mol. The van der Waals surface area contributed by atoms with Crippen molar-refractivity contribution in [3.8, 4) is 0 Å². The van der Waals surface area contributed by atoms with Gasteiger partial charge in [-0.15, -0.1) is 0 Å². The molecule has 1 aliphatic rings. The molecule has 122 valence electrons. The molecule has 0 heterocycles. The fraction of sp³-hybridized carbons (Fsp3) is 0.571. The lowest BCUT2D eigenvalue weighted by atomic mass is 9.93. The molecule has 0 saturated carbocycles. The minimum atomic E-state index is -1.05. The van der Waals surface area contributed by atoms with E-state index in [1.807, 2.05) is 0 Å². The maximum Gasteiger partial charge on any atom is 0.303 e. The molecule has 0 aromatic heterocycles. The first kappa shape index (κ1) is 17.7. The summed E-state index contributed by atoms with van der Waals surface area (Å²) in [6.07, 6.45) is 0.0562. The molecule has 1 aliphatic carbocycles. The number of carbonyl (C=O) groups is 4. The van der Waals surface area contributed by atoms with Gasteiger partial charge in [0.05, 0.1) is 6.04 Å². The van der Waals surface area contributed by atoms with Crippen LogP contribution in [0.4, 0.5) is 0 Å². The first-order chi connectivity index (χ1) is 10.2. The third-order valence-corrected chi connectivity index (χ3v) is 2.79.